The summed E-state index contributed by atoms with van der Waals surface area (Å²) in [5.41, 5.74) is 7.34. The number of carbonyl (C=O) groups is 1. The number of hydrogen-bond donors (Lipinski definition) is 2. The molecule has 0 saturated carbocycles. The summed E-state index contributed by atoms with van der Waals surface area (Å²) in [5, 5.41) is 4.60. The molecule has 4 aliphatic rings. The van der Waals surface area contributed by atoms with Gasteiger partial charge in [-0.1, -0.05) is 23.8 Å². The predicted octanol–water partition coefficient (Wildman–Crippen LogP) is 3.60. The molecule has 0 saturated heterocycles. The highest BCUT2D eigenvalue weighted by atomic mass is 19.1. The van der Waals surface area contributed by atoms with Crippen molar-refractivity contribution >= 4 is 34.7 Å². The third-order valence-electron chi connectivity index (χ3n) is 7.30. The maximum Gasteiger partial charge on any atom is 0.258 e. The van der Waals surface area contributed by atoms with Crippen LogP contribution in [0.1, 0.15) is 16.7 Å². The molecule has 0 spiro atoms. The van der Waals surface area contributed by atoms with E-state index >= 15 is 0 Å². The quantitative estimate of drug-likeness (QED) is 0.444. The fourth-order valence-corrected chi connectivity index (χ4v) is 5.37. The highest BCUT2D eigenvalue weighted by molar-refractivity contribution is 5.95. The number of benzene rings is 2. The molecule has 0 atom stereocenters. The predicted molar refractivity (Wildman–Crippen MR) is 150 cm³/mol. The first-order valence-corrected chi connectivity index (χ1v) is 12.5. The van der Waals surface area contributed by atoms with Crippen LogP contribution in [0.4, 0.5) is 21.5 Å². The Morgan fingerprint density at radius 2 is 1.84 bits per heavy atom. The molecule has 190 valence electrons. The minimum absolute atomic E-state index is 0.125. The van der Waals surface area contributed by atoms with Crippen LogP contribution in [0.5, 0.6) is 0 Å². The average Bonchev–Trinajstić information content (AvgIpc) is 3.10. The lowest BCUT2D eigenvalue weighted by atomic mass is 10.0. The van der Waals surface area contributed by atoms with Crippen molar-refractivity contribution in [3.63, 3.8) is 0 Å². The molecule has 2 aromatic rings. The molecular weight excluding hydrogens is 479 g/mol. The zero-order chi connectivity index (χ0) is 26.6. The first-order chi connectivity index (χ1) is 18.3. The van der Waals surface area contributed by atoms with E-state index in [9.17, 15) is 14.0 Å². The minimum atomic E-state index is -0.304. The number of rotatable bonds is 4. The van der Waals surface area contributed by atoms with Gasteiger partial charge in [-0.2, -0.15) is 0 Å². The Kier molecular flexibility index (Phi) is 5.64. The Hall–Kier alpha value is -4.65. The SMILES string of the molecule is Cc1ccc(C)c(CC(=O)NC2=c3ccc4c5c([nH]c(=O)c-5c3N(C)C=C2)=CCN4c2ccc(F)cc2)c1. The van der Waals surface area contributed by atoms with E-state index in [1.165, 1.54) is 12.1 Å². The second-order valence-electron chi connectivity index (χ2n) is 9.89. The highest BCUT2D eigenvalue weighted by Gasteiger charge is 2.28. The Morgan fingerprint density at radius 1 is 1.05 bits per heavy atom. The smallest absolute Gasteiger partial charge is 0.258 e. The third-order valence-corrected chi connectivity index (χ3v) is 7.30. The van der Waals surface area contributed by atoms with E-state index in [-0.39, 0.29) is 23.7 Å². The number of H-pyrrole nitrogens is 1. The fourth-order valence-electron chi connectivity index (χ4n) is 5.37. The van der Waals surface area contributed by atoms with E-state index in [1.54, 1.807) is 12.1 Å². The van der Waals surface area contributed by atoms with Gasteiger partial charge < -0.3 is 20.1 Å². The molecule has 3 aliphatic heterocycles. The lowest BCUT2D eigenvalue weighted by Gasteiger charge is -2.27. The molecule has 2 N–H and O–H groups in total. The second-order valence-corrected chi connectivity index (χ2v) is 9.89. The van der Waals surface area contributed by atoms with Gasteiger partial charge >= 0.3 is 0 Å². The molecule has 1 aliphatic carbocycles. The zero-order valence-corrected chi connectivity index (χ0v) is 21.4. The van der Waals surface area contributed by atoms with Crippen molar-refractivity contribution in [3.05, 3.63) is 110 Å². The summed E-state index contributed by atoms with van der Waals surface area (Å²) < 4.78 is 13.6. The summed E-state index contributed by atoms with van der Waals surface area (Å²) in [6.07, 6.45) is 5.94. The van der Waals surface area contributed by atoms with Crippen molar-refractivity contribution in [1.29, 1.82) is 0 Å². The van der Waals surface area contributed by atoms with Crippen molar-refractivity contribution in [2.24, 2.45) is 0 Å². The monoisotopic (exact) mass is 506 g/mol. The van der Waals surface area contributed by atoms with E-state index in [2.05, 4.69) is 15.2 Å². The first-order valence-electron chi connectivity index (χ1n) is 12.5. The lowest BCUT2D eigenvalue weighted by Crippen LogP contribution is -2.33. The fraction of sp³-hybridized carbons (Fsp3) is 0.161. The molecule has 3 heterocycles. The number of nitrogens with one attached hydrogen (secondary N) is 2. The average molecular weight is 507 g/mol. The van der Waals surface area contributed by atoms with Crippen molar-refractivity contribution in [1.82, 2.24) is 10.3 Å². The summed E-state index contributed by atoms with van der Waals surface area (Å²) in [7, 11) is 1.89. The van der Waals surface area contributed by atoms with E-state index in [4.69, 9.17) is 0 Å². The van der Waals surface area contributed by atoms with Crippen LogP contribution < -0.4 is 31.2 Å². The number of aromatic nitrogens is 1. The second kappa shape index (κ2) is 9.03. The van der Waals surface area contributed by atoms with Crippen molar-refractivity contribution in [2.45, 2.75) is 20.3 Å². The molecule has 0 fully saturated rings. The molecule has 0 unspecified atom stereocenters. The standard InChI is InChI=1S/C31H27FN4O2/c1-18-4-5-19(2)20(16-18)17-27(37)33-24-12-14-35(3)30-23(24)10-11-26-28-25(34-31(38)29(28)30)13-15-36(26)22-8-6-21(32)7-9-22/h4-14,16H,15,17H2,1-3H3,(H,33,37)(H,34,38). The lowest BCUT2D eigenvalue weighted by molar-refractivity contribution is -0.119. The topological polar surface area (TPSA) is 68.4 Å². The van der Waals surface area contributed by atoms with Crippen molar-refractivity contribution in [2.75, 3.05) is 23.4 Å². The van der Waals surface area contributed by atoms with E-state index in [1.807, 2.05) is 74.5 Å². The molecule has 6 nitrogen and oxygen atoms in total. The molecule has 0 bridgehead atoms. The third kappa shape index (κ3) is 3.96. The van der Waals surface area contributed by atoms with Gasteiger partial charge in [-0.25, -0.2) is 4.39 Å². The number of fused-ring (bicyclic) bond motifs is 2. The van der Waals surface area contributed by atoms with Crippen LogP contribution in [-0.4, -0.2) is 24.5 Å². The molecule has 7 heteroatoms. The Bertz CT molecular complexity index is 1790. The van der Waals surface area contributed by atoms with Gasteiger partial charge in [0.25, 0.3) is 5.56 Å². The van der Waals surface area contributed by atoms with Gasteiger partial charge in [0.1, 0.15) is 5.82 Å². The number of anilines is 3. The van der Waals surface area contributed by atoms with Crippen LogP contribution in [0.15, 0.2) is 71.7 Å². The molecule has 0 aromatic heterocycles. The highest BCUT2D eigenvalue weighted by Crippen LogP contribution is 2.37. The normalized spacial score (nSPS) is 13.9. The summed E-state index contributed by atoms with van der Waals surface area (Å²) in [4.78, 5) is 33.5. The van der Waals surface area contributed by atoms with E-state index < -0.39 is 0 Å². The number of halogens is 1. The molecule has 38 heavy (non-hydrogen) atoms. The van der Waals surface area contributed by atoms with Gasteiger partial charge in [0.05, 0.1) is 29.1 Å². The van der Waals surface area contributed by atoms with Crippen LogP contribution in [0.2, 0.25) is 0 Å². The minimum Gasteiger partial charge on any atom is -0.350 e. The number of aromatic amines is 1. The van der Waals surface area contributed by atoms with Crippen LogP contribution >= 0.6 is 0 Å². The van der Waals surface area contributed by atoms with Gasteiger partial charge in [0.2, 0.25) is 5.91 Å². The number of amides is 1. The number of aryl methyl sites for hydroxylation is 2. The van der Waals surface area contributed by atoms with Crippen LogP contribution in [0, 0.1) is 19.7 Å². The molecule has 1 amide bonds. The van der Waals surface area contributed by atoms with Gasteiger partial charge in [-0.15, -0.1) is 0 Å². The van der Waals surface area contributed by atoms with Crippen molar-refractivity contribution < 1.29 is 9.18 Å². The number of hydrogen-bond acceptors (Lipinski definition) is 4. The summed E-state index contributed by atoms with van der Waals surface area (Å²) in [6, 6.07) is 16.3. The summed E-state index contributed by atoms with van der Waals surface area (Å²) in [5.74, 6) is -0.429. The van der Waals surface area contributed by atoms with Crippen LogP contribution in [0.3, 0.4) is 0 Å². The van der Waals surface area contributed by atoms with E-state index in [0.29, 0.717) is 17.8 Å². The van der Waals surface area contributed by atoms with Gasteiger partial charge in [-0.05, 0) is 73.5 Å². The first kappa shape index (κ1) is 23.7. The number of carbonyl (C=O) groups excluding carboxylic acids is 1. The van der Waals surface area contributed by atoms with Crippen LogP contribution in [0.25, 0.3) is 22.9 Å². The number of nitrogens with zero attached hydrogens (tertiary/aromatic N) is 2. The molecular formula is C31H27FN4O2. The largest absolute Gasteiger partial charge is 0.350 e. The summed E-state index contributed by atoms with van der Waals surface area (Å²) >= 11 is 0. The van der Waals surface area contributed by atoms with Gasteiger partial charge in [0.15, 0.2) is 0 Å². The summed E-state index contributed by atoms with van der Waals surface area (Å²) in [6.45, 7) is 4.54. The molecule has 2 aromatic carbocycles. The molecule has 6 rings (SSSR count). The van der Waals surface area contributed by atoms with Gasteiger partial charge in [-0.3, -0.25) is 9.59 Å². The molecule has 0 radical (unpaired) electrons. The maximum absolute atomic E-state index is 13.6. The Labute approximate surface area is 219 Å². The van der Waals surface area contributed by atoms with Crippen molar-refractivity contribution in [3.8, 4) is 11.1 Å². The van der Waals surface area contributed by atoms with E-state index in [0.717, 1.165) is 49.9 Å². The Balaban J connectivity index is 1.50. The maximum atomic E-state index is 13.6. The van der Waals surface area contributed by atoms with Crippen LogP contribution in [-0.2, 0) is 11.2 Å². The van der Waals surface area contributed by atoms with Gasteiger partial charge in [0, 0.05) is 41.6 Å². The Morgan fingerprint density at radius 3 is 2.63 bits per heavy atom. The zero-order valence-electron chi connectivity index (χ0n) is 21.4.